The van der Waals surface area contributed by atoms with Gasteiger partial charge in [0.05, 0.1) is 6.07 Å². The van der Waals surface area contributed by atoms with Crippen molar-refractivity contribution in [2.24, 2.45) is 46.3 Å². The molecule has 2 nitrogen and oxygen atoms in total. The number of fused-ring (bicyclic) bond motifs is 2. The van der Waals surface area contributed by atoms with Gasteiger partial charge in [-0.2, -0.15) is 5.26 Å². The second kappa shape index (κ2) is 16.4. The Bertz CT molecular complexity index is 815. The Kier molecular flexibility index (Phi) is 15.9. The molecule has 4 saturated carbocycles. The van der Waals surface area contributed by atoms with Crippen LogP contribution in [0.2, 0.25) is 0 Å². The second-order valence-electron chi connectivity index (χ2n) is 12.3. The van der Waals surface area contributed by atoms with Crippen molar-refractivity contribution >= 4 is 31.9 Å². The molecule has 0 heterocycles. The van der Waals surface area contributed by atoms with Gasteiger partial charge in [0.1, 0.15) is 0 Å². The minimum absolute atomic E-state index is 0. The van der Waals surface area contributed by atoms with Crippen molar-refractivity contribution in [1.82, 2.24) is 0 Å². The van der Waals surface area contributed by atoms with Crippen LogP contribution in [0.25, 0.3) is 0 Å². The van der Waals surface area contributed by atoms with Gasteiger partial charge in [-0.15, -0.1) is 0 Å². The first-order valence-electron chi connectivity index (χ1n) is 13.9. The maximum Gasteiger partial charge on any atom is 1.00 e. The van der Waals surface area contributed by atoms with Crippen LogP contribution in [0.4, 0.5) is 0 Å². The average molecular weight is 647 g/mol. The predicted octanol–water partition coefficient (Wildman–Crippen LogP) is 7.66. The molecule has 4 aliphatic carbocycles. The summed E-state index contributed by atoms with van der Waals surface area (Å²) in [6.45, 7) is 16.9. The number of allylic oxidation sites excluding steroid dienone is 2. The molecule has 5 heteroatoms. The molecule has 0 radical (unpaired) electrons. The quantitative estimate of drug-likeness (QED) is 0.233. The predicted molar refractivity (Wildman–Crippen MR) is 154 cm³/mol. The summed E-state index contributed by atoms with van der Waals surface area (Å²) in [5, 5.41) is 15.2. The van der Waals surface area contributed by atoms with Gasteiger partial charge in [0.2, 0.25) is 0 Å². The van der Waals surface area contributed by atoms with Gasteiger partial charge >= 0.3 is 51.4 Å². The Labute approximate surface area is 282 Å². The summed E-state index contributed by atoms with van der Waals surface area (Å²) in [6.07, 6.45) is 15.7. The van der Waals surface area contributed by atoms with Crippen LogP contribution in [-0.4, -0.2) is 0 Å². The summed E-state index contributed by atoms with van der Waals surface area (Å²) < 4.78 is 0. The normalized spacial score (nSPS) is 38.7. The minimum Gasteiger partial charge on any atom is -0.512 e. The number of nitrogens with zero attached hydrogens (tertiary/aromatic N) is 2. The van der Waals surface area contributed by atoms with Crippen molar-refractivity contribution in [2.45, 2.75) is 112 Å². The van der Waals surface area contributed by atoms with E-state index in [9.17, 15) is 0 Å². The number of hydrogen-bond donors (Lipinski definition) is 0. The molecule has 0 N–H and O–H groups in total. The van der Waals surface area contributed by atoms with Crippen molar-refractivity contribution in [1.29, 1.82) is 10.5 Å². The molecule has 4 rings (SSSR count). The molecule has 0 aliphatic heterocycles. The third kappa shape index (κ3) is 7.41. The van der Waals surface area contributed by atoms with Gasteiger partial charge < -0.3 is 11.8 Å². The van der Waals surface area contributed by atoms with E-state index >= 15 is 0 Å². The van der Waals surface area contributed by atoms with E-state index < -0.39 is 0 Å². The molecule has 0 bridgehead atoms. The van der Waals surface area contributed by atoms with E-state index in [1.807, 2.05) is 0 Å². The Morgan fingerprint density at radius 2 is 1.31 bits per heavy atom. The Hall–Kier alpha value is 1.06. The van der Waals surface area contributed by atoms with E-state index in [4.69, 9.17) is 17.1 Å². The molecule has 36 heavy (non-hydrogen) atoms. The van der Waals surface area contributed by atoms with Crippen molar-refractivity contribution in [3.63, 3.8) is 0 Å². The van der Waals surface area contributed by atoms with Crippen molar-refractivity contribution in [3.05, 3.63) is 27.7 Å². The van der Waals surface area contributed by atoms with E-state index in [1.54, 1.807) is 11.1 Å². The van der Waals surface area contributed by atoms with E-state index in [1.165, 1.54) is 70.6 Å². The Morgan fingerprint density at radius 1 is 0.889 bits per heavy atom. The summed E-state index contributed by atoms with van der Waals surface area (Å²) in [5.74, 6) is 4.82. The number of rotatable bonds is 4. The molecule has 0 spiro atoms. The molecule has 0 saturated heterocycles. The first-order chi connectivity index (χ1) is 16.8. The fourth-order valence-corrected chi connectivity index (χ4v) is 9.96. The van der Waals surface area contributed by atoms with Gasteiger partial charge in [0.25, 0.3) is 0 Å². The summed E-state index contributed by atoms with van der Waals surface area (Å²) in [4.78, 5) is 4.40. The fourth-order valence-electron chi connectivity index (χ4n) is 8.86. The summed E-state index contributed by atoms with van der Waals surface area (Å²) in [6, 6.07) is 2.36. The van der Waals surface area contributed by atoms with Crippen LogP contribution < -0.4 is 51.4 Å². The summed E-state index contributed by atoms with van der Waals surface area (Å²) >= 11 is 7.13. The molecule has 0 aromatic rings. The largest absolute Gasteiger partial charge is 1.00 e. The second-order valence-corrected chi connectivity index (χ2v) is 13.2. The zero-order valence-corrected chi connectivity index (χ0v) is 30.0. The zero-order chi connectivity index (χ0) is 26.2. The van der Waals surface area contributed by atoms with Gasteiger partial charge in [-0.25, -0.2) is 0 Å². The van der Waals surface area contributed by atoms with Crippen LogP contribution in [0.1, 0.15) is 112 Å². The Morgan fingerprint density at radius 3 is 1.67 bits per heavy atom. The monoisotopic (exact) mass is 644 g/mol. The zero-order valence-electron chi connectivity index (χ0n) is 23.8. The molecule has 196 valence electrons. The molecule has 4 aliphatic rings. The number of halogens is 2. The minimum atomic E-state index is 0. The molecule has 4 fully saturated rings. The molecule has 0 amide bonds. The van der Waals surface area contributed by atoms with E-state index in [-0.39, 0.29) is 51.4 Å². The third-order valence-corrected chi connectivity index (χ3v) is 12.0. The number of hydrogen-bond acceptors (Lipinski definition) is 2. The fraction of sp³-hybridized carbons (Fsp3) is 0.806. The van der Waals surface area contributed by atoms with Crippen LogP contribution in [0.5, 0.6) is 0 Å². The van der Waals surface area contributed by atoms with Gasteiger partial charge in [-0.1, -0.05) is 84.0 Å². The molecule has 1 unspecified atom stereocenters. The van der Waals surface area contributed by atoms with E-state index in [0.717, 1.165) is 36.0 Å². The Balaban J connectivity index is 0.000000329. The van der Waals surface area contributed by atoms with Crippen molar-refractivity contribution in [3.8, 4) is 6.07 Å². The van der Waals surface area contributed by atoms with Gasteiger partial charge in [0, 0.05) is 6.42 Å². The number of nitriles is 1. The van der Waals surface area contributed by atoms with Crippen LogP contribution in [0.15, 0.2) is 21.1 Å². The molecule has 8 atom stereocenters. The molecular weight excluding hydrogens is 599 g/mol. The van der Waals surface area contributed by atoms with Crippen molar-refractivity contribution in [2.75, 3.05) is 0 Å². The summed E-state index contributed by atoms with van der Waals surface area (Å²) in [5.41, 5.74) is 4.37. The topological polar surface area (TPSA) is 47.6 Å². The van der Waals surface area contributed by atoms with Gasteiger partial charge in [-0.3, -0.25) is 0 Å². The summed E-state index contributed by atoms with van der Waals surface area (Å²) in [7, 11) is 0. The standard InChI is InChI=1S/C15H22BrN.C15H25Br.CN.K/c1-11(7-9-17)13-5-6-14-12(10-16)4-3-8-15(13,14)2;1-4-11(2)13-7-8-14-12(10-16)6-5-9-15(13,14)3;1-2;/h10-11,13-14H,3-8H2,1-2H3;10-11,13-14H,4-9H2,1-3H3;;/q;;-1;+1/b2*12-10+;;/t11-,13-,14?,15-;11-,13-,14+,15-;;/m11../s1. The first kappa shape index (κ1) is 35.1. The third-order valence-electron chi connectivity index (χ3n) is 10.8. The van der Waals surface area contributed by atoms with Crippen LogP contribution in [0, 0.1) is 69.5 Å². The van der Waals surface area contributed by atoms with Gasteiger partial charge in [0.15, 0.2) is 0 Å². The van der Waals surface area contributed by atoms with Crippen LogP contribution in [0.3, 0.4) is 0 Å². The van der Waals surface area contributed by atoms with Crippen LogP contribution >= 0.6 is 31.9 Å². The average Bonchev–Trinajstić information content (AvgIpc) is 3.41. The molecule has 0 aromatic carbocycles. The van der Waals surface area contributed by atoms with Crippen molar-refractivity contribution < 1.29 is 51.4 Å². The SMILES string of the molecule is CC[C@@H](C)[C@H]1CC[C@H]2/C(=C/Br)CCC[C@]12C.C[C@H](CC#N)[C@H]1CCC2/C(=C/Br)CCC[C@@]21C.[C-]#N.[K+]. The molecular formula is C31H47Br2KN2. The van der Waals surface area contributed by atoms with E-state index in [2.05, 4.69) is 82.5 Å². The van der Waals surface area contributed by atoms with Gasteiger partial charge in [-0.05, 0) is 121 Å². The molecule has 0 aromatic heterocycles. The van der Waals surface area contributed by atoms with E-state index in [0.29, 0.717) is 16.7 Å². The first-order valence-corrected chi connectivity index (χ1v) is 15.8. The maximum absolute atomic E-state index is 8.91. The smallest absolute Gasteiger partial charge is 0.512 e. The van der Waals surface area contributed by atoms with Crippen LogP contribution in [-0.2, 0) is 0 Å². The maximum atomic E-state index is 8.91.